The molecule has 4 aromatic carbocycles. The van der Waals surface area contributed by atoms with Gasteiger partial charge in [0.05, 0.1) is 5.69 Å². The van der Waals surface area contributed by atoms with Crippen LogP contribution in [0.1, 0.15) is 52.7 Å². The van der Waals surface area contributed by atoms with Crippen molar-refractivity contribution in [2.45, 2.75) is 52.4 Å². The molecule has 0 atom stereocenters. The maximum Gasteiger partial charge on any atom is 0.158 e. The summed E-state index contributed by atoms with van der Waals surface area (Å²) in [5, 5.41) is 6.40. The molecule has 0 amide bonds. The second-order valence-corrected chi connectivity index (χ2v) is 11.8. The molecule has 35 heavy (non-hydrogen) atoms. The highest BCUT2D eigenvalue weighted by molar-refractivity contribution is 6.30. The lowest BCUT2D eigenvalue weighted by Crippen LogP contribution is -2.16. The Hall–Kier alpha value is -3.23. The molecule has 5 rings (SSSR count). The highest BCUT2D eigenvalue weighted by Gasteiger charge is 2.22. The molecule has 0 fully saturated rings. The van der Waals surface area contributed by atoms with Crippen LogP contribution in [0.15, 0.2) is 83.3 Å². The third-order valence-electron chi connectivity index (χ3n) is 6.60. The molecular formula is C32H32ClNO. The number of anilines is 2. The number of benzene rings is 4. The number of furan rings is 1. The number of nitrogens with one attached hydrogen (secondary N) is 1. The summed E-state index contributed by atoms with van der Waals surface area (Å²) in [5.74, 6) is 0. The summed E-state index contributed by atoms with van der Waals surface area (Å²) in [6.45, 7) is 13.6. The second kappa shape index (κ2) is 8.46. The van der Waals surface area contributed by atoms with E-state index in [1.165, 1.54) is 16.7 Å². The van der Waals surface area contributed by atoms with E-state index in [-0.39, 0.29) is 10.8 Å². The van der Waals surface area contributed by atoms with Gasteiger partial charge in [-0.3, -0.25) is 0 Å². The molecule has 3 heteroatoms. The van der Waals surface area contributed by atoms with E-state index in [9.17, 15) is 0 Å². The molecule has 0 spiro atoms. The molecule has 5 aromatic rings. The molecule has 2 nitrogen and oxygen atoms in total. The fourth-order valence-corrected chi connectivity index (χ4v) is 4.71. The standard InChI is InChI=1S/C32H32ClNO/c1-31(2,3)21-16-20(17-22(18-21)32(4,5)6)25-12-8-13-26-27-14-9-15-28(30(27)35-29(25)26)34-24-11-7-10-23(33)19-24/h7-19,34H,1-6H3. The molecule has 178 valence electrons. The molecule has 0 aliphatic carbocycles. The van der Waals surface area contributed by atoms with E-state index < -0.39 is 0 Å². The number of fused-ring (bicyclic) bond motifs is 3. The fraction of sp³-hybridized carbons (Fsp3) is 0.250. The van der Waals surface area contributed by atoms with Crippen molar-refractivity contribution in [3.63, 3.8) is 0 Å². The van der Waals surface area contributed by atoms with E-state index in [1.54, 1.807) is 0 Å². The summed E-state index contributed by atoms with van der Waals surface area (Å²) >= 11 is 6.21. The Morgan fingerprint density at radius 1 is 0.657 bits per heavy atom. The van der Waals surface area contributed by atoms with Crippen LogP contribution in [0.5, 0.6) is 0 Å². The minimum absolute atomic E-state index is 0.0475. The van der Waals surface area contributed by atoms with Crippen LogP contribution in [0.3, 0.4) is 0 Å². The van der Waals surface area contributed by atoms with Crippen LogP contribution in [-0.4, -0.2) is 0 Å². The van der Waals surface area contributed by atoms with Gasteiger partial charge in [-0.25, -0.2) is 0 Å². The van der Waals surface area contributed by atoms with Gasteiger partial charge in [0.15, 0.2) is 5.58 Å². The van der Waals surface area contributed by atoms with Gasteiger partial charge in [0.25, 0.3) is 0 Å². The molecule has 0 aliphatic heterocycles. The Bertz CT molecular complexity index is 1510. The van der Waals surface area contributed by atoms with Gasteiger partial charge in [0.2, 0.25) is 0 Å². The molecule has 0 radical (unpaired) electrons. The van der Waals surface area contributed by atoms with Crippen LogP contribution in [-0.2, 0) is 10.8 Å². The zero-order valence-corrected chi connectivity index (χ0v) is 22.0. The van der Waals surface area contributed by atoms with Crippen LogP contribution < -0.4 is 5.32 Å². The molecule has 1 heterocycles. The molecule has 1 N–H and O–H groups in total. The molecule has 0 unspecified atom stereocenters. The Balaban J connectivity index is 1.72. The van der Waals surface area contributed by atoms with Crippen molar-refractivity contribution in [3.05, 3.63) is 95.0 Å². The number of halogens is 1. The number of hydrogen-bond acceptors (Lipinski definition) is 2. The van der Waals surface area contributed by atoms with E-state index in [1.807, 2.05) is 30.3 Å². The maximum absolute atomic E-state index is 6.63. The minimum Gasteiger partial charge on any atom is -0.453 e. The smallest absolute Gasteiger partial charge is 0.158 e. The topological polar surface area (TPSA) is 25.2 Å². The third kappa shape index (κ3) is 4.56. The quantitative estimate of drug-likeness (QED) is 0.277. The zero-order valence-electron chi connectivity index (χ0n) is 21.3. The predicted molar refractivity (Wildman–Crippen MR) is 151 cm³/mol. The summed E-state index contributed by atoms with van der Waals surface area (Å²) in [4.78, 5) is 0. The summed E-state index contributed by atoms with van der Waals surface area (Å²) in [5.41, 5.74) is 8.67. The lowest BCUT2D eigenvalue weighted by Gasteiger charge is -2.26. The maximum atomic E-state index is 6.63. The summed E-state index contributed by atoms with van der Waals surface area (Å²) in [6.07, 6.45) is 0. The highest BCUT2D eigenvalue weighted by Crippen LogP contribution is 2.41. The Morgan fingerprint density at radius 2 is 1.26 bits per heavy atom. The van der Waals surface area contributed by atoms with Crippen molar-refractivity contribution in [2.24, 2.45) is 0 Å². The molecule has 0 saturated heterocycles. The van der Waals surface area contributed by atoms with Gasteiger partial charge in [-0.2, -0.15) is 0 Å². The van der Waals surface area contributed by atoms with Gasteiger partial charge in [-0.05, 0) is 51.8 Å². The molecule has 1 aromatic heterocycles. The van der Waals surface area contributed by atoms with Crippen LogP contribution >= 0.6 is 11.6 Å². The largest absolute Gasteiger partial charge is 0.453 e. The first kappa shape index (κ1) is 23.5. The molecular weight excluding hydrogens is 450 g/mol. The van der Waals surface area contributed by atoms with E-state index in [0.717, 1.165) is 38.9 Å². The average Bonchev–Trinajstić information content (AvgIpc) is 3.18. The first-order valence-electron chi connectivity index (χ1n) is 12.1. The van der Waals surface area contributed by atoms with Crippen LogP contribution in [0.4, 0.5) is 11.4 Å². The summed E-state index contributed by atoms with van der Waals surface area (Å²) in [7, 11) is 0. The van der Waals surface area contributed by atoms with E-state index >= 15 is 0 Å². The monoisotopic (exact) mass is 481 g/mol. The fourth-order valence-electron chi connectivity index (χ4n) is 4.52. The molecule has 0 aliphatic rings. The first-order valence-corrected chi connectivity index (χ1v) is 12.5. The predicted octanol–water partition coefficient (Wildman–Crippen LogP) is 10.2. The van der Waals surface area contributed by atoms with Crippen molar-refractivity contribution in [2.75, 3.05) is 5.32 Å². The van der Waals surface area contributed by atoms with Crippen molar-refractivity contribution in [1.82, 2.24) is 0 Å². The van der Waals surface area contributed by atoms with Crippen LogP contribution in [0, 0.1) is 0 Å². The van der Waals surface area contributed by atoms with Gasteiger partial charge in [0.1, 0.15) is 5.58 Å². The van der Waals surface area contributed by atoms with E-state index in [0.29, 0.717) is 5.02 Å². The number of para-hydroxylation sites is 2. The second-order valence-electron chi connectivity index (χ2n) is 11.4. The SMILES string of the molecule is CC(C)(C)c1cc(-c2cccc3c2oc2c(Nc4cccc(Cl)c4)cccc23)cc(C(C)(C)C)c1. The third-order valence-corrected chi connectivity index (χ3v) is 6.84. The average molecular weight is 482 g/mol. The molecule has 0 saturated carbocycles. The molecule has 0 bridgehead atoms. The van der Waals surface area contributed by atoms with Gasteiger partial charge in [-0.1, -0.05) is 108 Å². The van der Waals surface area contributed by atoms with Crippen LogP contribution in [0.2, 0.25) is 5.02 Å². The van der Waals surface area contributed by atoms with Gasteiger partial charge in [0, 0.05) is 27.0 Å². The summed E-state index contributed by atoms with van der Waals surface area (Å²) < 4.78 is 6.63. The zero-order chi connectivity index (χ0) is 25.0. The minimum atomic E-state index is 0.0475. The van der Waals surface area contributed by atoms with Gasteiger partial charge in [-0.15, -0.1) is 0 Å². The normalized spacial score (nSPS) is 12.4. The van der Waals surface area contributed by atoms with Crippen molar-refractivity contribution < 1.29 is 4.42 Å². The van der Waals surface area contributed by atoms with E-state index in [2.05, 4.69) is 95.4 Å². The van der Waals surface area contributed by atoms with Gasteiger partial charge >= 0.3 is 0 Å². The Morgan fingerprint density at radius 3 is 1.89 bits per heavy atom. The van der Waals surface area contributed by atoms with Crippen molar-refractivity contribution in [1.29, 1.82) is 0 Å². The van der Waals surface area contributed by atoms with Crippen LogP contribution in [0.25, 0.3) is 33.1 Å². The lowest BCUT2D eigenvalue weighted by atomic mass is 9.79. The van der Waals surface area contributed by atoms with Gasteiger partial charge < -0.3 is 9.73 Å². The lowest BCUT2D eigenvalue weighted by molar-refractivity contribution is 0.569. The first-order chi connectivity index (χ1) is 16.5. The number of hydrogen-bond donors (Lipinski definition) is 1. The Kier molecular flexibility index (Phi) is 5.68. The van der Waals surface area contributed by atoms with E-state index in [4.69, 9.17) is 16.0 Å². The Labute approximate surface area is 212 Å². The number of rotatable bonds is 3. The van der Waals surface area contributed by atoms with Crippen molar-refractivity contribution in [3.8, 4) is 11.1 Å². The highest BCUT2D eigenvalue weighted by atomic mass is 35.5. The summed E-state index contributed by atoms with van der Waals surface area (Å²) in [6, 6.07) is 27.4. The van der Waals surface area contributed by atoms with Crippen molar-refractivity contribution >= 4 is 44.9 Å².